The second kappa shape index (κ2) is 19.4. The molecule has 3 saturated carbocycles. The highest BCUT2D eigenvalue weighted by molar-refractivity contribution is 5.69. The molecular weight excluding hydrogens is 572 g/mol. The quantitative estimate of drug-likeness (QED) is 0.0702. The Morgan fingerprint density at radius 2 is 1.43 bits per heavy atom. The Hall–Kier alpha value is -1.05. The van der Waals surface area contributed by atoms with Crippen molar-refractivity contribution in [1.82, 2.24) is 0 Å². The van der Waals surface area contributed by atoms with Crippen molar-refractivity contribution in [1.29, 1.82) is 0 Å². The number of allylic oxidation sites excluding steroid dienone is 4. The summed E-state index contributed by atoms with van der Waals surface area (Å²) in [6.07, 6.45) is 39.6. The zero-order valence-corrected chi connectivity index (χ0v) is 32.3. The number of rotatable bonds is 21. The van der Waals surface area contributed by atoms with E-state index in [1.54, 1.807) is 0 Å². The van der Waals surface area contributed by atoms with Gasteiger partial charge in [-0.15, -0.1) is 0 Å². The Morgan fingerprint density at radius 1 is 0.787 bits per heavy atom. The molecule has 4 aliphatic carbocycles. The second-order valence-corrected chi connectivity index (χ2v) is 18.0. The first-order valence-corrected chi connectivity index (χ1v) is 21.2. The third-order valence-electron chi connectivity index (χ3n) is 14.2. The molecule has 0 aromatic carbocycles. The summed E-state index contributed by atoms with van der Waals surface area (Å²) >= 11 is 0. The molecule has 2 nitrogen and oxygen atoms in total. The molecule has 0 spiro atoms. The Bertz CT molecular complexity index is 976. The van der Waals surface area contributed by atoms with Crippen molar-refractivity contribution in [2.75, 3.05) is 0 Å². The second-order valence-electron chi connectivity index (χ2n) is 18.0. The average Bonchev–Trinajstić information content (AvgIpc) is 3.40. The number of carbonyl (C=O) groups is 1. The minimum Gasteiger partial charge on any atom is -0.462 e. The van der Waals surface area contributed by atoms with Crippen LogP contribution >= 0.6 is 0 Å². The molecular formula is C45H78O2. The van der Waals surface area contributed by atoms with Gasteiger partial charge in [-0.25, -0.2) is 0 Å². The van der Waals surface area contributed by atoms with Gasteiger partial charge in [-0.3, -0.25) is 4.79 Å². The predicted octanol–water partition coefficient (Wildman–Crippen LogP) is 14.0. The fourth-order valence-corrected chi connectivity index (χ4v) is 11.2. The Morgan fingerprint density at radius 3 is 2.13 bits per heavy atom. The van der Waals surface area contributed by atoms with Gasteiger partial charge in [0.1, 0.15) is 6.10 Å². The molecule has 8 unspecified atom stereocenters. The maximum Gasteiger partial charge on any atom is 0.306 e. The maximum absolute atomic E-state index is 12.8. The lowest BCUT2D eigenvalue weighted by Crippen LogP contribution is -2.50. The Labute approximate surface area is 293 Å². The smallest absolute Gasteiger partial charge is 0.306 e. The molecule has 0 radical (unpaired) electrons. The van der Waals surface area contributed by atoms with Crippen LogP contribution in [0.25, 0.3) is 0 Å². The van der Waals surface area contributed by atoms with Crippen LogP contribution in [0, 0.1) is 46.3 Å². The van der Waals surface area contributed by atoms with Crippen LogP contribution in [-0.4, -0.2) is 12.1 Å². The van der Waals surface area contributed by atoms with Crippen LogP contribution in [0.2, 0.25) is 0 Å². The van der Waals surface area contributed by atoms with Crippen molar-refractivity contribution in [3.8, 4) is 0 Å². The van der Waals surface area contributed by atoms with E-state index in [0.29, 0.717) is 23.2 Å². The number of fused-ring (bicyclic) bond motifs is 5. The number of hydrogen-bond donors (Lipinski definition) is 0. The molecule has 47 heavy (non-hydrogen) atoms. The third kappa shape index (κ3) is 10.7. The lowest BCUT2D eigenvalue weighted by Gasteiger charge is -2.58. The van der Waals surface area contributed by atoms with Crippen LogP contribution in [0.5, 0.6) is 0 Å². The van der Waals surface area contributed by atoms with Gasteiger partial charge in [-0.2, -0.15) is 0 Å². The van der Waals surface area contributed by atoms with Crippen LogP contribution in [0.15, 0.2) is 23.8 Å². The number of ether oxygens (including phenoxy) is 1. The fraction of sp³-hybridized carbons (Fsp3) is 0.889. The van der Waals surface area contributed by atoms with E-state index in [4.69, 9.17) is 4.74 Å². The summed E-state index contributed by atoms with van der Waals surface area (Å²) in [5, 5.41) is 0. The first-order valence-electron chi connectivity index (χ1n) is 21.2. The maximum atomic E-state index is 12.8. The molecule has 4 aliphatic rings. The van der Waals surface area contributed by atoms with Crippen LogP contribution < -0.4 is 0 Å². The molecule has 0 heterocycles. The molecule has 4 rings (SSSR count). The summed E-state index contributed by atoms with van der Waals surface area (Å²) in [4.78, 5) is 12.8. The molecule has 0 aromatic heterocycles. The van der Waals surface area contributed by atoms with Crippen molar-refractivity contribution in [3.63, 3.8) is 0 Å². The average molecular weight is 651 g/mol. The van der Waals surface area contributed by atoms with E-state index < -0.39 is 0 Å². The molecule has 0 bridgehead atoms. The third-order valence-corrected chi connectivity index (χ3v) is 14.2. The molecule has 270 valence electrons. The summed E-state index contributed by atoms with van der Waals surface area (Å²) < 4.78 is 6.14. The van der Waals surface area contributed by atoms with Crippen LogP contribution in [0.3, 0.4) is 0 Å². The summed E-state index contributed by atoms with van der Waals surface area (Å²) in [6.45, 7) is 14.9. The van der Waals surface area contributed by atoms with Crippen LogP contribution in [-0.2, 0) is 9.53 Å². The van der Waals surface area contributed by atoms with Gasteiger partial charge in [0.15, 0.2) is 0 Å². The molecule has 8 atom stereocenters. The number of esters is 1. The van der Waals surface area contributed by atoms with E-state index in [1.807, 2.05) is 5.57 Å². The van der Waals surface area contributed by atoms with Crippen molar-refractivity contribution >= 4 is 5.97 Å². The van der Waals surface area contributed by atoms with E-state index in [9.17, 15) is 4.79 Å². The summed E-state index contributed by atoms with van der Waals surface area (Å²) in [7, 11) is 0. The van der Waals surface area contributed by atoms with Gasteiger partial charge < -0.3 is 4.74 Å². The van der Waals surface area contributed by atoms with Gasteiger partial charge in [0, 0.05) is 6.42 Å². The summed E-state index contributed by atoms with van der Waals surface area (Å²) in [5.74, 6) is 4.94. The standard InChI is InChI=1S/C45H78O2/c1-7-8-9-10-11-12-13-14-15-16-17-18-19-20-21-25-43(46)47-38-30-32-44(5)37(34-38)26-27-39-41-29-28-40(36(4)24-22-23-35(2)3)45(41,6)33-31-42(39)44/h14-15,27,35-38,40-42H,7-13,16-26,28-34H2,1-6H3/b15-14-. The van der Waals surface area contributed by atoms with Crippen molar-refractivity contribution in [2.24, 2.45) is 46.3 Å². The minimum atomic E-state index is 0.0659. The summed E-state index contributed by atoms with van der Waals surface area (Å²) in [5.41, 5.74) is 2.78. The van der Waals surface area contributed by atoms with E-state index in [2.05, 4.69) is 59.8 Å². The van der Waals surface area contributed by atoms with Gasteiger partial charge in [-0.1, -0.05) is 136 Å². The SMILES string of the molecule is CCCCCCCC/C=C\CCCCCCCC(=O)OC1CCC2(C)C(CC=C3C2CCC2(C)C3CCC2C(C)CCCC(C)C)C1. The minimum absolute atomic E-state index is 0.0659. The molecule has 0 saturated heterocycles. The van der Waals surface area contributed by atoms with E-state index in [1.165, 1.54) is 128 Å². The van der Waals surface area contributed by atoms with Crippen LogP contribution in [0.4, 0.5) is 0 Å². The van der Waals surface area contributed by atoms with Gasteiger partial charge in [0.2, 0.25) is 0 Å². The molecule has 0 amide bonds. The lowest BCUT2D eigenvalue weighted by molar-refractivity contribution is -0.155. The molecule has 0 N–H and O–H groups in total. The van der Waals surface area contributed by atoms with E-state index >= 15 is 0 Å². The van der Waals surface area contributed by atoms with Crippen molar-refractivity contribution in [2.45, 2.75) is 208 Å². The number of unbranched alkanes of at least 4 members (excludes halogenated alkanes) is 11. The van der Waals surface area contributed by atoms with Crippen molar-refractivity contribution in [3.05, 3.63) is 23.8 Å². The Kier molecular flexibility index (Phi) is 16.0. The highest BCUT2D eigenvalue weighted by atomic mass is 16.5. The van der Waals surface area contributed by atoms with E-state index in [-0.39, 0.29) is 12.1 Å². The lowest BCUT2D eigenvalue weighted by atomic mass is 9.47. The van der Waals surface area contributed by atoms with Crippen LogP contribution in [0.1, 0.15) is 202 Å². The molecule has 3 fully saturated rings. The van der Waals surface area contributed by atoms with Gasteiger partial charge >= 0.3 is 5.97 Å². The topological polar surface area (TPSA) is 26.3 Å². The predicted molar refractivity (Wildman–Crippen MR) is 202 cm³/mol. The first-order chi connectivity index (χ1) is 22.7. The zero-order valence-electron chi connectivity index (χ0n) is 32.3. The normalized spacial score (nSPS) is 32.6. The monoisotopic (exact) mass is 651 g/mol. The first kappa shape index (κ1) is 38.7. The molecule has 0 aliphatic heterocycles. The number of hydrogen-bond acceptors (Lipinski definition) is 2. The highest BCUT2D eigenvalue weighted by Crippen LogP contribution is 2.67. The van der Waals surface area contributed by atoms with Gasteiger partial charge in [-0.05, 0) is 130 Å². The highest BCUT2D eigenvalue weighted by Gasteiger charge is 2.58. The largest absolute Gasteiger partial charge is 0.462 e. The molecule has 2 heteroatoms. The van der Waals surface area contributed by atoms with Crippen molar-refractivity contribution < 1.29 is 9.53 Å². The van der Waals surface area contributed by atoms with Gasteiger partial charge in [0.25, 0.3) is 0 Å². The zero-order chi connectivity index (χ0) is 33.7. The fourth-order valence-electron chi connectivity index (χ4n) is 11.2. The molecule has 0 aromatic rings. The summed E-state index contributed by atoms with van der Waals surface area (Å²) in [6, 6.07) is 0. The Balaban J connectivity index is 1.12. The van der Waals surface area contributed by atoms with E-state index in [0.717, 1.165) is 55.3 Å². The van der Waals surface area contributed by atoms with Gasteiger partial charge in [0.05, 0.1) is 0 Å². The number of carbonyl (C=O) groups excluding carboxylic acids is 1.